The molecule has 3 aromatic carbocycles. The molecule has 0 bridgehead atoms. The summed E-state index contributed by atoms with van der Waals surface area (Å²) in [6.45, 7) is 16.3. The van der Waals surface area contributed by atoms with E-state index in [1.54, 1.807) is 0 Å². The van der Waals surface area contributed by atoms with Crippen LogP contribution in [-0.2, 0) is 17.3 Å². The maximum atomic E-state index is 6.71. The average Bonchev–Trinajstić information content (AvgIpc) is 3.38. The molecule has 0 fully saturated rings. The molecule has 0 unspecified atom stereocenters. The molecule has 0 N–H and O–H groups in total. The highest BCUT2D eigenvalue weighted by Gasteiger charge is 2.46. The maximum Gasteiger partial charge on any atom is 0.269 e. The van der Waals surface area contributed by atoms with Crippen LogP contribution < -0.4 is 25.3 Å². The summed E-state index contributed by atoms with van der Waals surface area (Å²) in [6.07, 6.45) is 5.96. The Bertz CT molecular complexity index is 1990. The number of nitrogens with zero attached hydrogens (tertiary/aromatic N) is 2. The molecule has 3 aliphatic rings. The number of rotatable bonds is 4. The fourth-order valence-corrected chi connectivity index (χ4v) is 9.46. The summed E-state index contributed by atoms with van der Waals surface area (Å²) in [5.41, 5.74) is 12.9. The van der Waals surface area contributed by atoms with Crippen LogP contribution in [0.4, 0.5) is 17.1 Å². The predicted molar refractivity (Wildman–Crippen MR) is 189 cm³/mol. The summed E-state index contributed by atoms with van der Waals surface area (Å²) in [5, 5.41) is 1.33. The van der Waals surface area contributed by atoms with Gasteiger partial charge in [0.15, 0.2) is 0 Å². The standard InChI is InChI=1S/C39H41BN2OS/c1-8-9-12-25-15-17-27-32(21-25)44-37-35(27)42(26-16-18-28-29(22-26)39(6,7)20-19-38(28,4)5)34-23(2)41-24(3)36-33(34)40(37)30-13-10-11-14-31(30)43-36/h10-11,13-18,21-22H,8-9,12,19-20H2,1-7H3. The van der Waals surface area contributed by atoms with Crippen LogP contribution >= 0.6 is 11.3 Å². The number of benzene rings is 3. The van der Waals surface area contributed by atoms with Crippen molar-refractivity contribution in [1.29, 1.82) is 0 Å². The number of anilines is 3. The highest BCUT2D eigenvalue weighted by molar-refractivity contribution is 7.33. The second-order valence-electron chi connectivity index (χ2n) is 14.5. The van der Waals surface area contributed by atoms with Crippen molar-refractivity contribution in [2.75, 3.05) is 4.90 Å². The van der Waals surface area contributed by atoms with Crippen molar-refractivity contribution in [3.8, 4) is 11.5 Å². The van der Waals surface area contributed by atoms with Gasteiger partial charge in [0.2, 0.25) is 0 Å². The third-order valence-corrected chi connectivity index (χ3v) is 11.8. The number of ether oxygens (including phenoxy) is 1. The van der Waals surface area contributed by atoms with Crippen LogP contribution in [0.5, 0.6) is 11.5 Å². The first-order valence-electron chi connectivity index (χ1n) is 16.4. The molecule has 8 rings (SSSR count). The summed E-state index contributed by atoms with van der Waals surface area (Å²) >= 11 is 1.97. The van der Waals surface area contributed by atoms with Crippen LogP contribution in [0.2, 0.25) is 0 Å². The van der Waals surface area contributed by atoms with Crippen LogP contribution in [0.25, 0.3) is 10.1 Å². The smallest absolute Gasteiger partial charge is 0.269 e. The molecule has 4 heterocycles. The fourth-order valence-electron chi connectivity index (χ4n) is 8.08. The second kappa shape index (κ2) is 9.72. The van der Waals surface area contributed by atoms with Crippen molar-refractivity contribution in [3.63, 3.8) is 0 Å². The van der Waals surface area contributed by atoms with E-state index in [1.165, 1.54) is 85.2 Å². The monoisotopic (exact) mass is 596 g/mol. The number of aryl methyl sites for hydroxylation is 3. The average molecular weight is 597 g/mol. The lowest BCUT2D eigenvalue weighted by molar-refractivity contribution is 0.332. The number of aromatic nitrogens is 1. The predicted octanol–water partition coefficient (Wildman–Crippen LogP) is 9.01. The van der Waals surface area contributed by atoms with Crippen molar-refractivity contribution in [3.05, 3.63) is 88.7 Å². The van der Waals surface area contributed by atoms with E-state index in [1.807, 2.05) is 11.3 Å². The summed E-state index contributed by atoms with van der Waals surface area (Å²) < 4.78 is 9.48. The van der Waals surface area contributed by atoms with Gasteiger partial charge in [0.1, 0.15) is 11.5 Å². The molecule has 2 aromatic heterocycles. The minimum atomic E-state index is 0.112. The fraction of sp³-hybridized carbons (Fsp3) is 0.359. The van der Waals surface area contributed by atoms with Gasteiger partial charge in [-0.1, -0.05) is 77.4 Å². The van der Waals surface area contributed by atoms with E-state index in [0.717, 1.165) is 29.3 Å². The summed E-state index contributed by atoms with van der Waals surface area (Å²) in [6, 6.07) is 23.1. The molecular formula is C39H41BN2OS. The first-order chi connectivity index (χ1) is 21.1. The summed E-state index contributed by atoms with van der Waals surface area (Å²) in [5.74, 6) is 1.87. The molecular weight excluding hydrogens is 555 g/mol. The van der Waals surface area contributed by atoms with Crippen molar-refractivity contribution in [2.24, 2.45) is 0 Å². The largest absolute Gasteiger partial charge is 0.456 e. The molecule has 0 radical (unpaired) electrons. The van der Waals surface area contributed by atoms with Gasteiger partial charge in [-0.05, 0) is 96.8 Å². The maximum absolute atomic E-state index is 6.71. The number of fused-ring (bicyclic) bond motifs is 7. The Morgan fingerprint density at radius 2 is 1.66 bits per heavy atom. The number of pyridine rings is 1. The van der Waals surface area contributed by atoms with Crippen LogP contribution in [0.3, 0.4) is 0 Å². The molecule has 0 amide bonds. The van der Waals surface area contributed by atoms with Gasteiger partial charge in [-0.3, -0.25) is 4.98 Å². The molecule has 5 heteroatoms. The zero-order valence-electron chi connectivity index (χ0n) is 27.1. The Balaban J connectivity index is 1.45. The Labute approximate surface area is 266 Å². The molecule has 0 saturated heterocycles. The van der Waals surface area contributed by atoms with Gasteiger partial charge in [-0.2, -0.15) is 0 Å². The Morgan fingerprint density at radius 1 is 0.886 bits per heavy atom. The summed E-state index contributed by atoms with van der Waals surface area (Å²) in [4.78, 5) is 7.68. The van der Waals surface area contributed by atoms with Crippen molar-refractivity contribution in [1.82, 2.24) is 4.98 Å². The molecule has 5 aromatic rings. The van der Waals surface area contributed by atoms with E-state index >= 15 is 0 Å². The van der Waals surface area contributed by atoms with E-state index in [4.69, 9.17) is 9.72 Å². The Hall–Kier alpha value is -3.57. The van der Waals surface area contributed by atoms with E-state index < -0.39 is 0 Å². The Kier molecular flexibility index (Phi) is 6.17. The lowest BCUT2D eigenvalue weighted by atomic mass is 9.37. The minimum absolute atomic E-state index is 0.112. The molecule has 2 aliphatic heterocycles. The molecule has 222 valence electrons. The zero-order chi connectivity index (χ0) is 30.5. The third-order valence-electron chi connectivity index (χ3n) is 10.6. The van der Waals surface area contributed by atoms with Gasteiger partial charge < -0.3 is 9.64 Å². The van der Waals surface area contributed by atoms with Crippen LogP contribution in [-0.4, -0.2) is 11.7 Å². The second-order valence-corrected chi connectivity index (χ2v) is 15.6. The quantitative estimate of drug-likeness (QED) is 0.190. The number of hydrogen-bond donors (Lipinski definition) is 0. The number of hydrogen-bond acceptors (Lipinski definition) is 4. The number of unbranched alkanes of at least 4 members (excludes halogenated alkanes) is 1. The molecule has 3 nitrogen and oxygen atoms in total. The molecule has 0 spiro atoms. The lowest BCUT2D eigenvalue weighted by Gasteiger charge is -2.43. The van der Waals surface area contributed by atoms with Crippen LogP contribution in [0, 0.1) is 13.8 Å². The van der Waals surface area contributed by atoms with Gasteiger partial charge in [-0.15, -0.1) is 11.3 Å². The van der Waals surface area contributed by atoms with Crippen LogP contribution in [0.15, 0.2) is 60.7 Å². The first kappa shape index (κ1) is 27.9. The zero-order valence-corrected chi connectivity index (χ0v) is 27.9. The van der Waals surface area contributed by atoms with Crippen molar-refractivity contribution < 1.29 is 4.74 Å². The molecule has 0 saturated carbocycles. The number of thiophene rings is 1. The van der Waals surface area contributed by atoms with E-state index in [2.05, 4.69) is 114 Å². The van der Waals surface area contributed by atoms with Gasteiger partial charge in [0.05, 0.1) is 22.8 Å². The highest BCUT2D eigenvalue weighted by Crippen LogP contribution is 2.51. The minimum Gasteiger partial charge on any atom is -0.456 e. The Morgan fingerprint density at radius 3 is 2.45 bits per heavy atom. The molecule has 44 heavy (non-hydrogen) atoms. The number of para-hydroxylation sites is 1. The van der Waals surface area contributed by atoms with E-state index in [-0.39, 0.29) is 17.5 Å². The van der Waals surface area contributed by atoms with Crippen LogP contribution in [0.1, 0.15) is 88.4 Å². The van der Waals surface area contributed by atoms with Crippen molar-refractivity contribution >= 4 is 60.9 Å². The van der Waals surface area contributed by atoms with E-state index in [9.17, 15) is 0 Å². The van der Waals surface area contributed by atoms with Gasteiger partial charge in [0, 0.05) is 26.0 Å². The first-order valence-corrected chi connectivity index (χ1v) is 17.2. The highest BCUT2D eigenvalue weighted by atomic mass is 32.1. The molecule has 0 atom stereocenters. The summed E-state index contributed by atoms with van der Waals surface area (Å²) in [7, 11) is 0. The lowest BCUT2D eigenvalue weighted by Crippen LogP contribution is -2.59. The normalized spacial score (nSPS) is 17.1. The van der Waals surface area contributed by atoms with Gasteiger partial charge in [0.25, 0.3) is 6.71 Å². The van der Waals surface area contributed by atoms with E-state index in [0.29, 0.717) is 0 Å². The van der Waals surface area contributed by atoms with Crippen molar-refractivity contribution in [2.45, 2.75) is 91.4 Å². The van der Waals surface area contributed by atoms with Gasteiger partial charge in [-0.25, -0.2) is 0 Å². The topological polar surface area (TPSA) is 25.4 Å². The van der Waals surface area contributed by atoms with Gasteiger partial charge >= 0.3 is 0 Å². The SMILES string of the molecule is CCCCc1ccc2c3c(sc2c1)B1c2ccccc2Oc2c(C)nc(C)c(c21)N3c1ccc2c(c1)C(C)(C)CCC2(C)C. The third kappa shape index (κ3) is 3.97. The molecule has 1 aliphatic carbocycles.